The molecule has 0 aliphatic heterocycles. The molecule has 0 aromatic carbocycles. The summed E-state index contributed by atoms with van der Waals surface area (Å²) in [5.41, 5.74) is 0. The first-order valence-corrected chi connectivity index (χ1v) is 30.7. The quantitative estimate of drug-likeness (QED) is 0.0261. The number of esters is 3. The van der Waals surface area contributed by atoms with Gasteiger partial charge in [0.05, 0.1) is 0 Å². The molecule has 0 aromatic heterocycles. The number of hydrogen-bond donors (Lipinski definition) is 0. The molecule has 424 valence electrons. The highest BCUT2D eigenvalue weighted by Gasteiger charge is 2.19. The molecule has 6 heteroatoms. The van der Waals surface area contributed by atoms with Crippen LogP contribution in [-0.2, 0) is 28.6 Å². The van der Waals surface area contributed by atoms with E-state index < -0.39 is 6.10 Å². The van der Waals surface area contributed by atoms with E-state index in [0.717, 1.165) is 135 Å². The molecule has 0 spiro atoms. The highest BCUT2D eigenvalue weighted by Crippen LogP contribution is 2.15. The Morgan fingerprint density at radius 1 is 0.280 bits per heavy atom. The number of ether oxygens (including phenoxy) is 3. The van der Waals surface area contributed by atoms with Crippen molar-refractivity contribution in [2.75, 3.05) is 13.2 Å². The molecule has 0 N–H and O–H groups in total. The van der Waals surface area contributed by atoms with E-state index in [1.54, 1.807) is 0 Å². The van der Waals surface area contributed by atoms with Gasteiger partial charge in [-0.2, -0.15) is 0 Å². The predicted molar refractivity (Wildman–Crippen MR) is 325 cm³/mol. The Morgan fingerprint density at radius 2 is 0.520 bits per heavy atom. The van der Waals surface area contributed by atoms with Crippen LogP contribution in [0.1, 0.15) is 265 Å². The summed E-state index contributed by atoms with van der Waals surface area (Å²) in [5, 5.41) is 0. The van der Waals surface area contributed by atoms with Crippen LogP contribution in [0.3, 0.4) is 0 Å². The van der Waals surface area contributed by atoms with Crippen LogP contribution in [0.4, 0.5) is 0 Å². The Labute approximate surface area is 462 Å². The first-order chi connectivity index (χ1) is 37.0. The normalized spacial score (nSPS) is 13.1. The van der Waals surface area contributed by atoms with Crippen molar-refractivity contribution in [1.82, 2.24) is 0 Å². The summed E-state index contributed by atoms with van der Waals surface area (Å²) in [4.78, 5) is 38.1. The number of allylic oxidation sites excluding steroid dienone is 22. The first-order valence-electron chi connectivity index (χ1n) is 30.7. The fourth-order valence-corrected chi connectivity index (χ4v) is 8.12. The third kappa shape index (κ3) is 60.3. The predicted octanol–water partition coefficient (Wildman–Crippen LogP) is 21.0. The molecular weight excluding hydrogens is 925 g/mol. The van der Waals surface area contributed by atoms with Gasteiger partial charge in [0.25, 0.3) is 0 Å². The maximum atomic E-state index is 12.8. The van der Waals surface area contributed by atoms with Crippen molar-refractivity contribution in [2.24, 2.45) is 0 Å². The van der Waals surface area contributed by atoms with Crippen molar-refractivity contribution >= 4 is 17.9 Å². The third-order valence-corrected chi connectivity index (χ3v) is 12.7. The standard InChI is InChI=1S/C69H112O6/c1-4-7-10-13-16-19-21-23-25-27-29-30-31-32-33-34-35-36-37-38-40-41-43-45-47-50-53-56-59-62-68(71)74-65-66(64-73-67(70)61-58-55-52-49-18-15-12-9-6-3)75-69(72)63-60-57-54-51-48-46-44-42-39-28-26-24-22-20-17-14-11-8-5-2/h7-8,10-11,16-17,19-20,23-26,29-30,32-33,35-36,39,42,46,48,66H,4-6,9,12-15,18,21-22,27-28,31,34,37-38,40-41,43-45,47,49-65H2,1-3H3/b10-7-,11-8-,19-16-,20-17-,25-23-,26-24-,30-29-,33-32-,36-35-,42-39-,48-46-. The Kier molecular flexibility index (Phi) is 58.4. The average Bonchev–Trinajstić information content (AvgIpc) is 3.41. The lowest BCUT2D eigenvalue weighted by atomic mass is 10.1. The van der Waals surface area contributed by atoms with Gasteiger partial charge in [-0.15, -0.1) is 0 Å². The molecule has 75 heavy (non-hydrogen) atoms. The highest BCUT2D eigenvalue weighted by molar-refractivity contribution is 5.71. The Hall–Kier alpha value is -4.45. The van der Waals surface area contributed by atoms with E-state index in [4.69, 9.17) is 14.2 Å². The third-order valence-electron chi connectivity index (χ3n) is 12.7. The van der Waals surface area contributed by atoms with Crippen LogP contribution >= 0.6 is 0 Å². The van der Waals surface area contributed by atoms with Gasteiger partial charge in [-0.05, 0) is 116 Å². The molecule has 0 amide bonds. The maximum absolute atomic E-state index is 12.8. The van der Waals surface area contributed by atoms with Crippen molar-refractivity contribution in [1.29, 1.82) is 0 Å². The summed E-state index contributed by atoms with van der Waals surface area (Å²) >= 11 is 0. The van der Waals surface area contributed by atoms with Crippen molar-refractivity contribution in [3.63, 3.8) is 0 Å². The Balaban J connectivity index is 4.28. The van der Waals surface area contributed by atoms with E-state index in [1.165, 1.54) is 89.9 Å². The van der Waals surface area contributed by atoms with Gasteiger partial charge in [-0.3, -0.25) is 14.4 Å². The monoisotopic (exact) mass is 1040 g/mol. The van der Waals surface area contributed by atoms with E-state index in [-0.39, 0.29) is 37.5 Å². The number of rotatable bonds is 54. The second-order valence-corrected chi connectivity index (χ2v) is 19.9. The maximum Gasteiger partial charge on any atom is 0.306 e. The number of unbranched alkanes of at least 4 members (excludes halogenated alkanes) is 21. The molecule has 1 atom stereocenters. The topological polar surface area (TPSA) is 78.9 Å². The van der Waals surface area contributed by atoms with E-state index in [2.05, 4.69) is 154 Å². The summed E-state index contributed by atoms with van der Waals surface area (Å²) in [6.07, 6.45) is 87.5. The van der Waals surface area contributed by atoms with Crippen molar-refractivity contribution in [2.45, 2.75) is 271 Å². The Bertz CT molecular complexity index is 1620. The summed E-state index contributed by atoms with van der Waals surface area (Å²) in [6, 6.07) is 0. The Morgan fingerprint density at radius 3 is 0.827 bits per heavy atom. The molecule has 0 aromatic rings. The smallest absolute Gasteiger partial charge is 0.306 e. The lowest BCUT2D eigenvalue weighted by molar-refractivity contribution is -0.167. The molecule has 0 aliphatic rings. The zero-order valence-corrected chi connectivity index (χ0v) is 48.5. The second-order valence-electron chi connectivity index (χ2n) is 19.9. The van der Waals surface area contributed by atoms with Crippen LogP contribution in [-0.4, -0.2) is 37.2 Å². The van der Waals surface area contributed by atoms with Crippen LogP contribution in [0.15, 0.2) is 134 Å². The summed E-state index contributed by atoms with van der Waals surface area (Å²) < 4.78 is 16.8. The van der Waals surface area contributed by atoms with E-state index in [9.17, 15) is 14.4 Å². The zero-order valence-electron chi connectivity index (χ0n) is 48.5. The number of carbonyl (C=O) groups excluding carboxylic acids is 3. The van der Waals surface area contributed by atoms with E-state index in [0.29, 0.717) is 12.8 Å². The lowest BCUT2D eigenvalue weighted by Gasteiger charge is -2.18. The van der Waals surface area contributed by atoms with Gasteiger partial charge >= 0.3 is 17.9 Å². The highest BCUT2D eigenvalue weighted by atomic mass is 16.6. The number of carbonyl (C=O) groups is 3. The molecule has 0 aliphatic carbocycles. The second kappa shape index (κ2) is 62.1. The fraction of sp³-hybridized carbons (Fsp3) is 0.638. The minimum absolute atomic E-state index is 0.0944. The van der Waals surface area contributed by atoms with Crippen molar-refractivity contribution in [3.8, 4) is 0 Å². The van der Waals surface area contributed by atoms with Crippen LogP contribution < -0.4 is 0 Å². The molecular formula is C69H112O6. The fourth-order valence-electron chi connectivity index (χ4n) is 8.12. The average molecular weight is 1040 g/mol. The first kappa shape index (κ1) is 70.5. The molecule has 0 saturated carbocycles. The van der Waals surface area contributed by atoms with Gasteiger partial charge in [0.1, 0.15) is 13.2 Å². The van der Waals surface area contributed by atoms with Gasteiger partial charge in [0.15, 0.2) is 6.10 Å². The molecule has 0 saturated heterocycles. The van der Waals surface area contributed by atoms with Crippen LogP contribution in [0.5, 0.6) is 0 Å². The van der Waals surface area contributed by atoms with Gasteiger partial charge in [0, 0.05) is 19.3 Å². The van der Waals surface area contributed by atoms with E-state index >= 15 is 0 Å². The molecule has 6 nitrogen and oxygen atoms in total. The molecule has 0 bridgehead atoms. The molecule has 1 unspecified atom stereocenters. The molecule has 0 radical (unpaired) electrons. The van der Waals surface area contributed by atoms with Crippen molar-refractivity contribution < 1.29 is 28.6 Å². The van der Waals surface area contributed by atoms with Crippen LogP contribution in [0.25, 0.3) is 0 Å². The zero-order chi connectivity index (χ0) is 54.3. The molecule has 0 fully saturated rings. The van der Waals surface area contributed by atoms with Gasteiger partial charge in [-0.1, -0.05) is 264 Å². The van der Waals surface area contributed by atoms with Crippen LogP contribution in [0.2, 0.25) is 0 Å². The number of hydrogen-bond acceptors (Lipinski definition) is 6. The van der Waals surface area contributed by atoms with Crippen LogP contribution in [0, 0.1) is 0 Å². The lowest BCUT2D eigenvalue weighted by Crippen LogP contribution is -2.30. The summed E-state index contributed by atoms with van der Waals surface area (Å²) in [6.45, 7) is 6.36. The summed E-state index contributed by atoms with van der Waals surface area (Å²) in [7, 11) is 0. The van der Waals surface area contributed by atoms with Gasteiger partial charge < -0.3 is 14.2 Å². The van der Waals surface area contributed by atoms with Crippen molar-refractivity contribution in [3.05, 3.63) is 134 Å². The largest absolute Gasteiger partial charge is 0.462 e. The SMILES string of the molecule is CC/C=C\C/C=C\C/C=C\C/C=C\C/C=C\C/C=C\CCCCCCCCCCCCC(=O)OCC(COC(=O)CCCCCCCCCCC)OC(=O)CCCCC/C=C\C/C=C\C/C=C\C/C=C\C/C=C\CC. The molecule has 0 rings (SSSR count). The van der Waals surface area contributed by atoms with E-state index in [1.807, 2.05) is 0 Å². The van der Waals surface area contributed by atoms with Gasteiger partial charge in [0.2, 0.25) is 0 Å². The van der Waals surface area contributed by atoms with Gasteiger partial charge in [-0.25, -0.2) is 0 Å². The summed E-state index contributed by atoms with van der Waals surface area (Å²) in [5.74, 6) is -0.935. The minimum atomic E-state index is -0.800. The minimum Gasteiger partial charge on any atom is -0.462 e. The molecule has 0 heterocycles.